The molecule has 13 heteroatoms. The summed E-state index contributed by atoms with van der Waals surface area (Å²) >= 11 is 0. The number of halogens is 3. The van der Waals surface area contributed by atoms with Crippen LogP contribution in [0.1, 0.15) is 16.1 Å². The van der Waals surface area contributed by atoms with E-state index in [4.69, 9.17) is 9.90 Å². The quantitative estimate of drug-likeness (QED) is 0.511. The fourth-order valence-corrected chi connectivity index (χ4v) is 2.97. The van der Waals surface area contributed by atoms with Crippen molar-refractivity contribution in [2.45, 2.75) is 12.7 Å². The molecule has 0 radical (unpaired) electrons. The largest absolute Gasteiger partial charge is 0.490 e. The number of carboxylic acid groups (broad SMARTS) is 1. The molecular formula is C21H22F3N7O3. The van der Waals surface area contributed by atoms with Crippen molar-refractivity contribution in [1.82, 2.24) is 30.0 Å². The lowest BCUT2D eigenvalue weighted by Crippen LogP contribution is -2.46. The number of aromatic nitrogens is 4. The van der Waals surface area contributed by atoms with Crippen LogP contribution in [0.15, 0.2) is 55.1 Å². The Hall–Kier alpha value is -4.00. The van der Waals surface area contributed by atoms with Gasteiger partial charge >= 0.3 is 12.1 Å². The number of hydrogen-bond donors (Lipinski definition) is 3. The summed E-state index contributed by atoms with van der Waals surface area (Å²) in [6.07, 6.45) is 1.66. The Morgan fingerprint density at radius 2 is 1.74 bits per heavy atom. The van der Waals surface area contributed by atoms with Gasteiger partial charge in [0.15, 0.2) is 0 Å². The van der Waals surface area contributed by atoms with Crippen molar-refractivity contribution in [1.29, 1.82) is 0 Å². The first-order valence-corrected chi connectivity index (χ1v) is 10.2. The summed E-state index contributed by atoms with van der Waals surface area (Å²) in [5.74, 6) is -2.26. The van der Waals surface area contributed by atoms with Gasteiger partial charge in [0.2, 0.25) is 0 Å². The number of alkyl halides is 3. The molecule has 0 atom stereocenters. The molecule has 1 fully saturated rings. The van der Waals surface area contributed by atoms with Crippen molar-refractivity contribution in [2.24, 2.45) is 0 Å². The van der Waals surface area contributed by atoms with Crippen LogP contribution in [0.2, 0.25) is 0 Å². The van der Waals surface area contributed by atoms with Crippen molar-refractivity contribution in [3.05, 3.63) is 66.4 Å². The van der Waals surface area contributed by atoms with Crippen LogP contribution < -0.4 is 10.6 Å². The second kappa shape index (κ2) is 11.2. The number of amides is 1. The van der Waals surface area contributed by atoms with Gasteiger partial charge in [-0.15, -0.1) is 0 Å². The minimum atomic E-state index is -5.08. The Labute approximate surface area is 192 Å². The van der Waals surface area contributed by atoms with Crippen molar-refractivity contribution in [3.8, 4) is 0 Å². The molecule has 0 aliphatic carbocycles. The first-order valence-electron chi connectivity index (χ1n) is 10.2. The van der Waals surface area contributed by atoms with Crippen molar-refractivity contribution < 1.29 is 27.9 Å². The lowest BCUT2D eigenvalue weighted by Gasteiger charge is -2.26. The summed E-state index contributed by atoms with van der Waals surface area (Å²) in [7, 11) is 0. The lowest BCUT2D eigenvalue weighted by molar-refractivity contribution is -0.192. The molecule has 1 aliphatic rings. The minimum absolute atomic E-state index is 0.0776. The number of anilines is 2. The third-order valence-corrected chi connectivity index (χ3v) is 4.61. The molecule has 0 unspecified atom stereocenters. The summed E-state index contributed by atoms with van der Waals surface area (Å²) in [5, 5.41) is 17.9. The molecule has 3 heterocycles. The predicted octanol–water partition coefficient (Wildman–Crippen LogP) is 2.14. The summed E-state index contributed by atoms with van der Waals surface area (Å²) in [4.78, 5) is 31.7. The molecule has 10 nitrogen and oxygen atoms in total. The zero-order valence-corrected chi connectivity index (χ0v) is 17.9. The van der Waals surface area contributed by atoms with Gasteiger partial charge in [-0.1, -0.05) is 30.3 Å². The number of piperazine rings is 1. The van der Waals surface area contributed by atoms with E-state index in [1.165, 1.54) is 11.8 Å². The molecule has 1 aliphatic heterocycles. The van der Waals surface area contributed by atoms with Crippen molar-refractivity contribution in [3.63, 3.8) is 0 Å². The van der Waals surface area contributed by atoms with Crippen molar-refractivity contribution >= 4 is 23.4 Å². The van der Waals surface area contributed by atoms with Crippen LogP contribution in [0.5, 0.6) is 0 Å². The second-order valence-corrected chi connectivity index (χ2v) is 7.17. The van der Waals surface area contributed by atoms with Gasteiger partial charge in [-0.3, -0.25) is 9.48 Å². The molecule has 4 rings (SSSR count). The molecule has 1 saturated heterocycles. The summed E-state index contributed by atoms with van der Waals surface area (Å²) in [5.41, 5.74) is 2.37. The molecule has 3 aromatic rings. The van der Waals surface area contributed by atoms with E-state index in [1.54, 1.807) is 17.3 Å². The van der Waals surface area contributed by atoms with Gasteiger partial charge in [0.05, 0.1) is 30.8 Å². The molecule has 1 amide bonds. The first-order chi connectivity index (χ1) is 16.2. The smallest absolute Gasteiger partial charge is 0.475 e. The van der Waals surface area contributed by atoms with Gasteiger partial charge in [0.25, 0.3) is 5.91 Å². The van der Waals surface area contributed by atoms with E-state index in [-0.39, 0.29) is 5.91 Å². The van der Waals surface area contributed by atoms with Crippen LogP contribution in [-0.4, -0.2) is 74.0 Å². The number of carboxylic acids is 1. The molecular weight excluding hydrogens is 455 g/mol. The predicted molar refractivity (Wildman–Crippen MR) is 116 cm³/mol. The molecule has 0 spiro atoms. The Kier molecular flexibility index (Phi) is 8.14. The average Bonchev–Trinajstić information content (AvgIpc) is 3.26. The topological polar surface area (TPSA) is 125 Å². The third kappa shape index (κ3) is 7.27. The zero-order chi connectivity index (χ0) is 24.6. The fraction of sp³-hybridized carbons (Fsp3) is 0.286. The average molecular weight is 477 g/mol. The molecule has 0 bridgehead atoms. The van der Waals surface area contributed by atoms with Crippen molar-refractivity contribution in [2.75, 3.05) is 31.5 Å². The Morgan fingerprint density at radius 3 is 2.32 bits per heavy atom. The molecule has 180 valence electrons. The number of aliphatic carboxylic acids is 1. The number of hydrogen-bond acceptors (Lipinski definition) is 7. The second-order valence-electron chi connectivity index (χ2n) is 7.17. The van der Waals surface area contributed by atoms with E-state index in [1.807, 2.05) is 29.1 Å². The highest BCUT2D eigenvalue weighted by Crippen LogP contribution is 2.14. The maximum Gasteiger partial charge on any atom is 0.490 e. The highest BCUT2D eigenvalue weighted by Gasteiger charge is 2.38. The Balaban J connectivity index is 0.000000406. The van der Waals surface area contributed by atoms with Crippen LogP contribution >= 0.6 is 0 Å². The van der Waals surface area contributed by atoms with E-state index in [0.717, 1.165) is 18.8 Å². The van der Waals surface area contributed by atoms with Gasteiger partial charge in [0, 0.05) is 32.4 Å². The number of carbonyl (C=O) groups excluding carboxylic acids is 1. The van der Waals surface area contributed by atoms with Gasteiger partial charge in [-0.2, -0.15) is 18.3 Å². The minimum Gasteiger partial charge on any atom is -0.475 e. The molecule has 3 N–H and O–H groups in total. The normalized spacial score (nSPS) is 13.6. The van der Waals surface area contributed by atoms with E-state index in [9.17, 15) is 18.0 Å². The highest BCUT2D eigenvalue weighted by atomic mass is 19.4. The van der Waals surface area contributed by atoms with Crippen LogP contribution in [0.3, 0.4) is 0 Å². The van der Waals surface area contributed by atoms with E-state index in [2.05, 4.69) is 37.8 Å². The number of nitrogens with zero attached hydrogens (tertiary/aromatic N) is 5. The number of rotatable bonds is 5. The van der Waals surface area contributed by atoms with E-state index < -0.39 is 12.1 Å². The standard InChI is InChI=1S/C19H21N7O.C2HF3O2/c27-19(25-8-6-20-7-9-25)17-11-22-18(12-21-17)24-16-10-23-26(14-16)13-15-4-2-1-3-5-15;3-2(4,5)1(6)7/h1-5,10-12,14,20H,6-9,13H2,(H,22,24);(H,6,7). The lowest BCUT2D eigenvalue weighted by atomic mass is 10.2. The van der Waals surface area contributed by atoms with Crippen LogP contribution in [0.4, 0.5) is 24.7 Å². The Morgan fingerprint density at radius 1 is 1.06 bits per heavy atom. The van der Waals surface area contributed by atoms with Gasteiger partial charge in [0.1, 0.15) is 11.5 Å². The van der Waals surface area contributed by atoms with Gasteiger partial charge in [-0.25, -0.2) is 14.8 Å². The van der Waals surface area contributed by atoms with Gasteiger partial charge in [-0.05, 0) is 5.56 Å². The number of nitrogens with one attached hydrogen (secondary N) is 2. The fourth-order valence-electron chi connectivity index (χ4n) is 2.97. The maximum atomic E-state index is 12.4. The number of carbonyl (C=O) groups is 2. The highest BCUT2D eigenvalue weighted by molar-refractivity contribution is 5.92. The van der Waals surface area contributed by atoms with E-state index >= 15 is 0 Å². The zero-order valence-electron chi connectivity index (χ0n) is 17.9. The SMILES string of the molecule is O=C(O)C(F)(F)F.O=C(c1cnc(Nc2cnn(Cc3ccccc3)c2)cn1)N1CCNCC1. The monoisotopic (exact) mass is 477 g/mol. The first kappa shape index (κ1) is 24.6. The molecule has 1 aromatic carbocycles. The molecule has 0 saturated carbocycles. The van der Waals surface area contributed by atoms with Gasteiger partial charge < -0.3 is 20.6 Å². The third-order valence-electron chi connectivity index (χ3n) is 4.61. The number of benzene rings is 1. The summed E-state index contributed by atoms with van der Waals surface area (Å²) in [6.45, 7) is 3.71. The van der Waals surface area contributed by atoms with E-state index in [0.29, 0.717) is 31.1 Å². The molecule has 2 aromatic heterocycles. The molecule has 34 heavy (non-hydrogen) atoms. The summed E-state index contributed by atoms with van der Waals surface area (Å²) < 4.78 is 33.6. The van der Waals surface area contributed by atoms with Crippen LogP contribution in [-0.2, 0) is 11.3 Å². The Bertz CT molecular complexity index is 1080. The van der Waals surface area contributed by atoms with Crippen LogP contribution in [0, 0.1) is 0 Å². The van der Waals surface area contributed by atoms with Crippen LogP contribution in [0.25, 0.3) is 0 Å². The summed E-state index contributed by atoms with van der Waals surface area (Å²) in [6, 6.07) is 10.1. The maximum absolute atomic E-state index is 12.4.